The molecule has 5 rings (SSSR count). The van der Waals surface area contributed by atoms with Gasteiger partial charge in [-0.15, -0.1) is 0 Å². The summed E-state index contributed by atoms with van der Waals surface area (Å²) in [5.41, 5.74) is 2.61. The molecule has 0 bridgehead atoms. The maximum Gasteiger partial charge on any atom is 0.410 e. The van der Waals surface area contributed by atoms with E-state index in [1.54, 1.807) is 11.1 Å². The summed E-state index contributed by atoms with van der Waals surface area (Å²) in [6, 6.07) is 15.7. The summed E-state index contributed by atoms with van der Waals surface area (Å²) in [6.07, 6.45) is 6.67. The Morgan fingerprint density at radius 3 is 2.64 bits per heavy atom. The number of hydrogen-bond acceptors (Lipinski definition) is 6. The highest BCUT2D eigenvalue weighted by molar-refractivity contribution is 5.81. The molecular weight excluding hydrogens is 418 g/mol. The van der Waals surface area contributed by atoms with Crippen LogP contribution in [0.15, 0.2) is 67.3 Å². The fraction of sp³-hybridized carbons (Fsp3) is 0.280. The number of benzene rings is 1. The van der Waals surface area contributed by atoms with Crippen LogP contribution in [0.3, 0.4) is 0 Å². The van der Waals surface area contributed by atoms with E-state index < -0.39 is 0 Å². The van der Waals surface area contributed by atoms with Gasteiger partial charge in [0.1, 0.15) is 18.6 Å². The van der Waals surface area contributed by atoms with E-state index in [4.69, 9.17) is 9.47 Å². The van der Waals surface area contributed by atoms with Crippen molar-refractivity contribution < 1.29 is 14.3 Å². The molecule has 0 saturated carbocycles. The quantitative estimate of drug-likeness (QED) is 0.436. The van der Waals surface area contributed by atoms with Gasteiger partial charge in [0, 0.05) is 31.5 Å². The van der Waals surface area contributed by atoms with E-state index in [0.717, 1.165) is 35.1 Å². The minimum atomic E-state index is -0.264. The molecule has 8 nitrogen and oxygen atoms in total. The summed E-state index contributed by atoms with van der Waals surface area (Å²) in [6.45, 7) is 3.47. The standard InChI is InChI=1S/C25H25N5O3/c1-18-22(8-5-12-26-18)33-24-21-11-15-30(23(21)27-17-28-24)20-9-13-29(14-10-20)25(31)32-16-19-6-3-2-4-7-19/h2-8,11-12,15,17,20H,9-10,13-14,16H2,1H3. The zero-order valence-electron chi connectivity index (χ0n) is 18.4. The number of fused-ring (bicyclic) bond motifs is 1. The van der Waals surface area contributed by atoms with Crippen molar-refractivity contribution >= 4 is 17.1 Å². The Morgan fingerprint density at radius 2 is 1.85 bits per heavy atom. The molecule has 1 amide bonds. The monoisotopic (exact) mass is 443 g/mol. The normalized spacial score (nSPS) is 14.4. The Morgan fingerprint density at radius 1 is 1.03 bits per heavy atom. The van der Waals surface area contributed by atoms with Gasteiger partial charge >= 0.3 is 6.09 Å². The van der Waals surface area contributed by atoms with Crippen molar-refractivity contribution in [3.63, 3.8) is 0 Å². The van der Waals surface area contributed by atoms with Crippen molar-refractivity contribution in [1.82, 2.24) is 24.4 Å². The molecule has 0 N–H and O–H groups in total. The number of nitrogens with zero attached hydrogens (tertiary/aromatic N) is 5. The predicted octanol–water partition coefficient (Wildman–Crippen LogP) is 4.90. The molecule has 1 aromatic carbocycles. The van der Waals surface area contributed by atoms with Gasteiger partial charge in [-0.3, -0.25) is 4.98 Å². The van der Waals surface area contributed by atoms with E-state index in [1.807, 2.05) is 61.7 Å². The van der Waals surface area contributed by atoms with E-state index in [-0.39, 0.29) is 18.7 Å². The van der Waals surface area contributed by atoms with Crippen molar-refractivity contribution in [3.8, 4) is 11.6 Å². The molecule has 8 heteroatoms. The van der Waals surface area contributed by atoms with E-state index in [9.17, 15) is 4.79 Å². The summed E-state index contributed by atoms with van der Waals surface area (Å²) in [5.74, 6) is 1.18. The Balaban J connectivity index is 1.24. The lowest BCUT2D eigenvalue weighted by Crippen LogP contribution is -2.39. The number of amides is 1. The summed E-state index contributed by atoms with van der Waals surface area (Å²) in [5, 5.41) is 0.852. The van der Waals surface area contributed by atoms with Crippen LogP contribution < -0.4 is 4.74 Å². The van der Waals surface area contributed by atoms with Crippen molar-refractivity contribution in [2.75, 3.05) is 13.1 Å². The molecule has 1 fully saturated rings. The molecule has 33 heavy (non-hydrogen) atoms. The SMILES string of the molecule is Cc1ncccc1Oc1ncnc2c1ccn2C1CCN(C(=O)OCc2ccccc2)CC1. The molecule has 0 radical (unpaired) electrons. The van der Waals surface area contributed by atoms with Crippen LogP contribution in [0.5, 0.6) is 11.6 Å². The number of aromatic nitrogens is 4. The van der Waals surface area contributed by atoms with Crippen molar-refractivity contribution in [1.29, 1.82) is 0 Å². The van der Waals surface area contributed by atoms with Gasteiger partial charge in [-0.25, -0.2) is 14.8 Å². The molecular formula is C25H25N5O3. The van der Waals surface area contributed by atoms with Gasteiger partial charge in [0.15, 0.2) is 5.75 Å². The number of likely N-dealkylation sites (tertiary alicyclic amines) is 1. The van der Waals surface area contributed by atoms with Crippen LogP contribution in [0.2, 0.25) is 0 Å². The summed E-state index contributed by atoms with van der Waals surface area (Å²) >= 11 is 0. The molecule has 0 spiro atoms. The smallest absolute Gasteiger partial charge is 0.410 e. The lowest BCUT2D eigenvalue weighted by molar-refractivity contribution is 0.0834. The van der Waals surface area contributed by atoms with Crippen LogP contribution in [0.25, 0.3) is 11.0 Å². The van der Waals surface area contributed by atoms with E-state index in [0.29, 0.717) is 24.7 Å². The summed E-state index contributed by atoms with van der Waals surface area (Å²) in [7, 11) is 0. The molecule has 0 atom stereocenters. The second-order valence-corrected chi connectivity index (χ2v) is 8.09. The third kappa shape index (κ3) is 4.50. The zero-order chi connectivity index (χ0) is 22.6. The average molecular weight is 444 g/mol. The molecule has 4 heterocycles. The molecule has 4 aromatic rings. The number of piperidine rings is 1. The number of pyridine rings is 1. The second kappa shape index (κ2) is 9.28. The number of ether oxygens (including phenoxy) is 2. The highest BCUT2D eigenvalue weighted by Crippen LogP contribution is 2.32. The highest BCUT2D eigenvalue weighted by Gasteiger charge is 2.26. The first-order chi connectivity index (χ1) is 16.2. The summed E-state index contributed by atoms with van der Waals surface area (Å²) in [4.78, 5) is 27.4. The molecule has 168 valence electrons. The fourth-order valence-electron chi connectivity index (χ4n) is 4.14. The fourth-order valence-corrected chi connectivity index (χ4v) is 4.14. The van der Waals surface area contributed by atoms with Gasteiger partial charge in [0.25, 0.3) is 0 Å². The largest absolute Gasteiger partial charge is 0.445 e. The Labute approximate surface area is 191 Å². The van der Waals surface area contributed by atoms with Gasteiger partial charge in [-0.05, 0) is 43.5 Å². The third-order valence-electron chi connectivity index (χ3n) is 5.96. The predicted molar refractivity (Wildman–Crippen MR) is 123 cm³/mol. The maximum absolute atomic E-state index is 12.5. The molecule has 3 aromatic heterocycles. The first kappa shape index (κ1) is 20.9. The first-order valence-electron chi connectivity index (χ1n) is 11.1. The van der Waals surface area contributed by atoms with Crippen molar-refractivity contribution in [3.05, 3.63) is 78.5 Å². The molecule has 1 aliphatic rings. The van der Waals surface area contributed by atoms with Crippen LogP contribution in [-0.4, -0.2) is 43.6 Å². The van der Waals surface area contributed by atoms with Crippen LogP contribution in [0.4, 0.5) is 4.79 Å². The van der Waals surface area contributed by atoms with Crippen LogP contribution in [-0.2, 0) is 11.3 Å². The minimum absolute atomic E-state index is 0.239. The van der Waals surface area contributed by atoms with Gasteiger partial charge in [-0.2, -0.15) is 0 Å². The minimum Gasteiger partial charge on any atom is -0.445 e. The van der Waals surface area contributed by atoms with E-state index in [2.05, 4.69) is 19.5 Å². The number of carbonyl (C=O) groups is 1. The molecule has 0 unspecified atom stereocenters. The topological polar surface area (TPSA) is 82.4 Å². The Bertz CT molecular complexity index is 1250. The van der Waals surface area contributed by atoms with E-state index in [1.165, 1.54) is 6.33 Å². The third-order valence-corrected chi connectivity index (χ3v) is 5.96. The van der Waals surface area contributed by atoms with Gasteiger partial charge in [0.05, 0.1) is 11.1 Å². The lowest BCUT2D eigenvalue weighted by atomic mass is 10.1. The van der Waals surface area contributed by atoms with E-state index >= 15 is 0 Å². The van der Waals surface area contributed by atoms with Gasteiger partial charge in [-0.1, -0.05) is 30.3 Å². The van der Waals surface area contributed by atoms with Crippen LogP contribution in [0.1, 0.15) is 30.1 Å². The number of carbonyl (C=O) groups excluding carboxylic acids is 1. The van der Waals surface area contributed by atoms with Crippen LogP contribution >= 0.6 is 0 Å². The molecule has 1 saturated heterocycles. The van der Waals surface area contributed by atoms with Gasteiger partial charge in [0.2, 0.25) is 5.88 Å². The first-order valence-corrected chi connectivity index (χ1v) is 11.1. The highest BCUT2D eigenvalue weighted by atomic mass is 16.6. The van der Waals surface area contributed by atoms with Crippen LogP contribution in [0, 0.1) is 6.92 Å². The van der Waals surface area contributed by atoms with Crippen molar-refractivity contribution in [2.45, 2.75) is 32.4 Å². The second-order valence-electron chi connectivity index (χ2n) is 8.09. The Hall–Kier alpha value is -3.94. The number of aryl methyl sites for hydroxylation is 1. The summed E-state index contributed by atoms with van der Waals surface area (Å²) < 4.78 is 13.7. The Kier molecular flexibility index (Phi) is 5.89. The van der Waals surface area contributed by atoms with Gasteiger partial charge < -0.3 is 18.9 Å². The average Bonchev–Trinajstić information content (AvgIpc) is 3.30. The number of rotatable bonds is 5. The molecule has 1 aliphatic heterocycles. The maximum atomic E-state index is 12.5. The zero-order valence-corrected chi connectivity index (χ0v) is 18.4. The molecule has 0 aliphatic carbocycles. The lowest BCUT2D eigenvalue weighted by Gasteiger charge is -2.32. The number of hydrogen-bond donors (Lipinski definition) is 0. The van der Waals surface area contributed by atoms with Crippen molar-refractivity contribution in [2.24, 2.45) is 0 Å².